The molecule has 2 heteroatoms. The van der Waals surface area contributed by atoms with Gasteiger partial charge in [-0.3, -0.25) is 4.79 Å². The first-order chi connectivity index (χ1) is 12.8. The first kappa shape index (κ1) is 25.5. The van der Waals surface area contributed by atoms with Gasteiger partial charge in [-0.05, 0) is 13.3 Å². The van der Waals surface area contributed by atoms with Gasteiger partial charge in [0.05, 0.1) is 0 Å². The minimum atomic E-state index is 0.159. The van der Waals surface area contributed by atoms with Crippen molar-refractivity contribution in [3.8, 4) is 0 Å². The Kier molecular flexibility index (Phi) is 22.1. The summed E-state index contributed by atoms with van der Waals surface area (Å²) >= 11 is 0. The van der Waals surface area contributed by atoms with E-state index in [1.54, 1.807) is 0 Å². The second kappa shape index (κ2) is 22.5. The molecule has 1 amide bonds. The number of carbonyl (C=O) groups is 1. The van der Waals surface area contributed by atoms with E-state index < -0.39 is 0 Å². The molecule has 0 aliphatic rings. The first-order valence-electron chi connectivity index (χ1n) is 11.9. The highest BCUT2D eigenvalue weighted by Crippen LogP contribution is 2.14. The van der Waals surface area contributed by atoms with Crippen LogP contribution < -0.4 is 5.32 Å². The van der Waals surface area contributed by atoms with Crippen LogP contribution >= 0.6 is 0 Å². The number of hydrogen-bond donors (Lipinski definition) is 1. The van der Waals surface area contributed by atoms with Crippen LogP contribution in [0.3, 0.4) is 0 Å². The van der Waals surface area contributed by atoms with Crippen LogP contribution in [0.5, 0.6) is 0 Å². The Hall–Kier alpha value is -0.530. The molecule has 0 atom stereocenters. The van der Waals surface area contributed by atoms with Gasteiger partial charge < -0.3 is 5.32 Å². The van der Waals surface area contributed by atoms with Crippen LogP contribution in [-0.4, -0.2) is 12.5 Å². The highest BCUT2D eigenvalue weighted by molar-refractivity contribution is 5.75. The maximum absolute atomic E-state index is 11.3. The molecule has 2 nitrogen and oxygen atoms in total. The van der Waals surface area contributed by atoms with Gasteiger partial charge in [-0.1, -0.05) is 122 Å². The highest BCUT2D eigenvalue weighted by atomic mass is 16.1. The molecule has 0 spiro atoms. The first-order valence-corrected chi connectivity index (χ1v) is 11.9. The zero-order chi connectivity index (χ0) is 19.1. The Labute approximate surface area is 165 Å². The molecule has 0 rings (SSSR count). The quantitative estimate of drug-likeness (QED) is 0.207. The Bertz CT molecular complexity index is 277. The van der Waals surface area contributed by atoms with E-state index in [0.29, 0.717) is 13.0 Å². The third-order valence-electron chi connectivity index (χ3n) is 5.33. The molecule has 0 aliphatic heterocycles. The molecule has 0 aromatic carbocycles. The van der Waals surface area contributed by atoms with Crippen LogP contribution in [0.15, 0.2) is 0 Å². The average Bonchev–Trinajstić information content (AvgIpc) is 2.64. The van der Waals surface area contributed by atoms with Crippen molar-refractivity contribution < 1.29 is 4.79 Å². The molecular weight excluding hydrogens is 318 g/mol. The van der Waals surface area contributed by atoms with Crippen molar-refractivity contribution in [1.29, 1.82) is 0 Å². The Morgan fingerprint density at radius 2 is 0.885 bits per heavy atom. The molecule has 0 aromatic heterocycles. The number of carbonyl (C=O) groups excluding carboxylic acids is 1. The van der Waals surface area contributed by atoms with E-state index in [1.807, 2.05) is 0 Å². The second-order valence-corrected chi connectivity index (χ2v) is 7.96. The van der Waals surface area contributed by atoms with Gasteiger partial charge in [-0.25, -0.2) is 0 Å². The summed E-state index contributed by atoms with van der Waals surface area (Å²) in [5.41, 5.74) is 0. The summed E-state index contributed by atoms with van der Waals surface area (Å²) in [6.07, 6.45) is 27.1. The van der Waals surface area contributed by atoms with Crippen molar-refractivity contribution in [2.24, 2.45) is 0 Å². The summed E-state index contributed by atoms with van der Waals surface area (Å²) in [6, 6.07) is 0. The Balaban J connectivity index is 3.02. The van der Waals surface area contributed by atoms with Gasteiger partial charge in [0, 0.05) is 13.0 Å². The molecule has 0 saturated heterocycles. The third kappa shape index (κ3) is 21.5. The third-order valence-corrected chi connectivity index (χ3v) is 5.33. The van der Waals surface area contributed by atoms with E-state index in [2.05, 4.69) is 19.2 Å². The molecule has 0 bridgehead atoms. The van der Waals surface area contributed by atoms with Crippen LogP contribution in [0, 0.1) is 6.92 Å². The summed E-state index contributed by atoms with van der Waals surface area (Å²) in [5.74, 6) is 0.159. The van der Waals surface area contributed by atoms with E-state index >= 15 is 0 Å². The largest absolute Gasteiger partial charge is 0.356 e. The molecule has 0 aromatic rings. The number of nitrogens with one attached hydrogen (secondary N) is 1. The van der Waals surface area contributed by atoms with Crippen molar-refractivity contribution >= 4 is 5.91 Å². The lowest BCUT2D eigenvalue weighted by molar-refractivity contribution is -0.121. The summed E-state index contributed by atoms with van der Waals surface area (Å²) in [6.45, 7) is 6.43. The number of rotatable bonds is 21. The molecule has 26 heavy (non-hydrogen) atoms. The second-order valence-electron chi connectivity index (χ2n) is 7.96. The topological polar surface area (TPSA) is 29.1 Å². The van der Waals surface area contributed by atoms with Crippen molar-refractivity contribution in [2.45, 2.75) is 135 Å². The summed E-state index contributed by atoms with van der Waals surface area (Å²) in [5, 5.41) is 2.75. The van der Waals surface area contributed by atoms with Crippen LogP contribution in [0.2, 0.25) is 0 Å². The molecule has 0 heterocycles. The lowest BCUT2D eigenvalue weighted by atomic mass is 10.0. The molecule has 0 unspecified atom stereocenters. The Morgan fingerprint density at radius 3 is 1.19 bits per heavy atom. The van der Waals surface area contributed by atoms with E-state index in [-0.39, 0.29) is 5.91 Å². The summed E-state index contributed by atoms with van der Waals surface area (Å²) in [4.78, 5) is 11.3. The van der Waals surface area contributed by atoms with Gasteiger partial charge in [0.25, 0.3) is 0 Å². The van der Waals surface area contributed by atoms with Crippen molar-refractivity contribution in [3.05, 3.63) is 6.92 Å². The summed E-state index contributed by atoms with van der Waals surface area (Å²) in [7, 11) is 0. The molecular formula is C24H48NO. The van der Waals surface area contributed by atoms with Gasteiger partial charge in [-0.2, -0.15) is 0 Å². The molecule has 1 N–H and O–H groups in total. The molecule has 155 valence electrons. The van der Waals surface area contributed by atoms with Crippen LogP contribution in [0.1, 0.15) is 135 Å². The number of unbranched alkanes of at least 4 members (excludes halogenated alkanes) is 18. The van der Waals surface area contributed by atoms with E-state index in [4.69, 9.17) is 0 Å². The van der Waals surface area contributed by atoms with E-state index in [0.717, 1.165) is 6.42 Å². The van der Waals surface area contributed by atoms with E-state index in [1.165, 1.54) is 116 Å². The molecule has 0 fully saturated rings. The number of hydrogen-bond acceptors (Lipinski definition) is 1. The maximum atomic E-state index is 11.3. The summed E-state index contributed by atoms with van der Waals surface area (Å²) < 4.78 is 0. The lowest BCUT2D eigenvalue weighted by Gasteiger charge is -2.04. The van der Waals surface area contributed by atoms with Gasteiger partial charge in [0.15, 0.2) is 0 Å². The predicted octanol–water partition coefficient (Wildman–Crippen LogP) is 7.76. The van der Waals surface area contributed by atoms with Gasteiger partial charge in [0.1, 0.15) is 0 Å². The van der Waals surface area contributed by atoms with Crippen molar-refractivity contribution in [3.63, 3.8) is 0 Å². The fourth-order valence-corrected chi connectivity index (χ4v) is 3.59. The molecule has 1 radical (unpaired) electrons. The standard InChI is InChI=1S/C24H48NO/c1-3-5-6-7-8-9-10-11-12-13-14-15-16-17-18-19-20-21-22-23-24(26)25-4-2/h2-23H2,1H3,(H,25,26). The fraction of sp³-hybridized carbons (Fsp3) is 0.917. The SMILES string of the molecule is [CH2]CNC(=O)CCCCCCCCCCCCCCCCCCCCC. The normalized spacial score (nSPS) is 11.0. The smallest absolute Gasteiger partial charge is 0.219 e. The monoisotopic (exact) mass is 366 g/mol. The van der Waals surface area contributed by atoms with Crippen molar-refractivity contribution in [1.82, 2.24) is 5.32 Å². The average molecular weight is 367 g/mol. The highest BCUT2D eigenvalue weighted by Gasteiger charge is 1.99. The zero-order valence-electron chi connectivity index (χ0n) is 18.0. The maximum Gasteiger partial charge on any atom is 0.219 e. The minimum absolute atomic E-state index is 0.159. The van der Waals surface area contributed by atoms with Crippen molar-refractivity contribution in [2.75, 3.05) is 6.54 Å². The lowest BCUT2D eigenvalue weighted by Crippen LogP contribution is -2.22. The predicted molar refractivity (Wildman–Crippen MR) is 116 cm³/mol. The number of amides is 1. The van der Waals surface area contributed by atoms with Crippen LogP contribution in [-0.2, 0) is 4.79 Å². The zero-order valence-corrected chi connectivity index (χ0v) is 18.0. The molecule has 0 saturated carbocycles. The molecule has 0 aliphatic carbocycles. The van der Waals surface area contributed by atoms with Gasteiger partial charge in [0.2, 0.25) is 5.91 Å². The Morgan fingerprint density at radius 1 is 0.577 bits per heavy atom. The van der Waals surface area contributed by atoms with Crippen LogP contribution in [0.4, 0.5) is 0 Å². The van der Waals surface area contributed by atoms with E-state index in [9.17, 15) is 4.79 Å². The minimum Gasteiger partial charge on any atom is -0.356 e. The van der Waals surface area contributed by atoms with Gasteiger partial charge in [-0.15, -0.1) is 0 Å². The fourth-order valence-electron chi connectivity index (χ4n) is 3.59. The van der Waals surface area contributed by atoms with Gasteiger partial charge >= 0.3 is 0 Å². The van der Waals surface area contributed by atoms with Crippen LogP contribution in [0.25, 0.3) is 0 Å².